The van der Waals surface area contributed by atoms with E-state index in [-0.39, 0.29) is 5.41 Å². The summed E-state index contributed by atoms with van der Waals surface area (Å²) in [7, 11) is 0. The second-order valence-corrected chi connectivity index (χ2v) is 17.1. The Bertz CT molecular complexity index is 3770. The number of benzene rings is 9. The van der Waals surface area contributed by atoms with Crippen LogP contribution in [0.25, 0.3) is 116 Å². The SMILES string of the molecule is CC1(C)c2ccccc2-c2cc(-c3ccc(-n4c5ccc(-c6ccc(-c7ccc8oc9ccccc9c8c7)cc6)cc5c5ccc6ccccc6c54)cc3)nc3cccc1c23. The molecule has 0 amide bonds. The van der Waals surface area contributed by atoms with Crippen LogP contribution in [-0.2, 0) is 5.41 Å². The Morgan fingerprint density at radius 2 is 1.10 bits per heavy atom. The van der Waals surface area contributed by atoms with Crippen LogP contribution >= 0.6 is 0 Å². The number of furan rings is 1. The first-order valence-electron chi connectivity index (χ1n) is 21.1. The summed E-state index contributed by atoms with van der Waals surface area (Å²) in [4.78, 5) is 5.29. The molecule has 12 aromatic rings. The van der Waals surface area contributed by atoms with Crippen molar-refractivity contribution in [3.05, 3.63) is 205 Å². The Hall–Kier alpha value is -7.75. The molecular formula is C58H38N2O. The molecule has 0 saturated carbocycles. The van der Waals surface area contributed by atoms with E-state index in [0.717, 1.165) is 44.4 Å². The largest absolute Gasteiger partial charge is 0.456 e. The van der Waals surface area contributed by atoms with Crippen molar-refractivity contribution in [3.8, 4) is 50.3 Å². The van der Waals surface area contributed by atoms with Gasteiger partial charge in [-0.25, -0.2) is 4.98 Å². The molecule has 0 fully saturated rings. The van der Waals surface area contributed by atoms with Crippen LogP contribution in [0.3, 0.4) is 0 Å². The van der Waals surface area contributed by atoms with E-state index in [1.807, 2.05) is 12.1 Å². The maximum Gasteiger partial charge on any atom is 0.135 e. The molecule has 3 heterocycles. The van der Waals surface area contributed by atoms with Crippen LogP contribution in [0.1, 0.15) is 25.0 Å². The summed E-state index contributed by atoms with van der Waals surface area (Å²) in [6, 6.07) is 70.7. The highest BCUT2D eigenvalue weighted by Gasteiger charge is 2.33. The van der Waals surface area contributed by atoms with Crippen molar-refractivity contribution in [3.63, 3.8) is 0 Å². The number of hydrogen-bond acceptors (Lipinski definition) is 2. The van der Waals surface area contributed by atoms with E-state index >= 15 is 0 Å². The third kappa shape index (κ3) is 5.01. The molecule has 286 valence electrons. The fourth-order valence-corrected chi connectivity index (χ4v) is 10.3. The van der Waals surface area contributed by atoms with Crippen molar-refractivity contribution >= 4 is 65.4 Å². The number of para-hydroxylation sites is 1. The molecular weight excluding hydrogens is 741 g/mol. The lowest BCUT2D eigenvalue weighted by Gasteiger charge is -2.35. The first-order valence-corrected chi connectivity index (χ1v) is 21.1. The molecule has 3 aromatic heterocycles. The van der Waals surface area contributed by atoms with E-state index in [0.29, 0.717) is 0 Å². The minimum Gasteiger partial charge on any atom is -0.456 e. The zero-order valence-electron chi connectivity index (χ0n) is 33.8. The lowest BCUT2D eigenvalue weighted by atomic mass is 9.69. The molecule has 0 N–H and O–H groups in total. The van der Waals surface area contributed by atoms with Gasteiger partial charge in [-0.1, -0.05) is 153 Å². The number of hydrogen-bond donors (Lipinski definition) is 0. The highest BCUT2D eigenvalue weighted by molar-refractivity contribution is 6.19. The number of rotatable bonds is 4. The van der Waals surface area contributed by atoms with Gasteiger partial charge in [0, 0.05) is 49.0 Å². The van der Waals surface area contributed by atoms with E-state index in [1.54, 1.807) is 0 Å². The zero-order valence-corrected chi connectivity index (χ0v) is 33.8. The van der Waals surface area contributed by atoms with Crippen molar-refractivity contribution < 1.29 is 4.42 Å². The van der Waals surface area contributed by atoms with Gasteiger partial charge in [-0.2, -0.15) is 0 Å². The van der Waals surface area contributed by atoms with Crippen LogP contribution < -0.4 is 0 Å². The molecule has 3 heteroatoms. The number of pyridine rings is 1. The Labute approximate surface area is 352 Å². The summed E-state index contributed by atoms with van der Waals surface area (Å²) >= 11 is 0. The number of fused-ring (bicyclic) bond motifs is 10. The standard InChI is InChI=1S/C58H38N2O/c1-58(2)49-14-7-5-12-43(49)48-34-52(59-51-16-9-15-50(58)56(48)51)38-22-27-41(28-23-38)60-53-30-25-39(32-46(53)45-29-24-37-10-3-4-11-42(37)57(45)60)35-18-20-36(21-19-35)40-26-31-55-47(33-40)44-13-6-8-17-54(44)61-55/h3-34H,1-2H3. The normalized spacial score (nSPS) is 13.2. The predicted molar refractivity (Wildman–Crippen MR) is 255 cm³/mol. The van der Waals surface area contributed by atoms with E-state index in [4.69, 9.17) is 9.40 Å². The van der Waals surface area contributed by atoms with Crippen molar-refractivity contribution in [2.24, 2.45) is 0 Å². The average Bonchev–Trinajstić information content (AvgIpc) is 3.86. The summed E-state index contributed by atoms with van der Waals surface area (Å²) < 4.78 is 8.55. The van der Waals surface area contributed by atoms with Gasteiger partial charge in [0.05, 0.1) is 22.2 Å². The second-order valence-electron chi connectivity index (χ2n) is 17.1. The van der Waals surface area contributed by atoms with Crippen molar-refractivity contribution in [1.82, 2.24) is 9.55 Å². The maximum atomic E-state index is 6.10. The van der Waals surface area contributed by atoms with Gasteiger partial charge in [0.25, 0.3) is 0 Å². The van der Waals surface area contributed by atoms with Gasteiger partial charge in [0.15, 0.2) is 0 Å². The molecule has 61 heavy (non-hydrogen) atoms. The van der Waals surface area contributed by atoms with Crippen LogP contribution in [0.2, 0.25) is 0 Å². The van der Waals surface area contributed by atoms with Gasteiger partial charge in [0.1, 0.15) is 11.2 Å². The van der Waals surface area contributed by atoms with E-state index < -0.39 is 0 Å². The molecule has 3 nitrogen and oxygen atoms in total. The van der Waals surface area contributed by atoms with Crippen LogP contribution in [0.15, 0.2) is 199 Å². The van der Waals surface area contributed by atoms with Gasteiger partial charge in [-0.05, 0) is 104 Å². The van der Waals surface area contributed by atoms with Gasteiger partial charge in [-0.15, -0.1) is 0 Å². The lowest BCUT2D eigenvalue weighted by Crippen LogP contribution is -2.23. The van der Waals surface area contributed by atoms with E-state index in [9.17, 15) is 0 Å². The zero-order chi connectivity index (χ0) is 40.4. The van der Waals surface area contributed by atoms with Crippen LogP contribution in [0.4, 0.5) is 0 Å². The smallest absolute Gasteiger partial charge is 0.135 e. The highest BCUT2D eigenvalue weighted by Crippen LogP contribution is 2.49. The van der Waals surface area contributed by atoms with Crippen LogP contribution in [0, 0.1) is 0 Å². The molecule has 0 spiro atoms. The summed E-state index contributed by atoms with van der Waals surface area (Å²) in [5.41, 5.74) is 18.4. The molecule has 0 aliphatic heterocycles. The first-order chi connectivity index (χ1) is 30.0. The summed E-state index contributed by atoms with van der Waals surface area (Å²) in [5, 5.41) is 8.49. The fourth-order valence-electron chi connectivity index (χ4n) is 10.3. The van der Waals surface area contributed by atoms with Gasteiger partial charge in [-0.3, -0.25) is 0 Å². The molecule has 9 aromatic carbocycles. The molecule has 0 atom stereocenters. The lowest BCUT2D eigenvalue weighted by molar-refractivity contribution is 0.645. The van der Waals surface area contributed by atoms with Crippen LogP contribution in [-0.4, -0.2) is 9.55 Å². The number of aromatic nitrogens is 2. The van der Waals surface area contributed by atoms with Crippen molar-refractivity contribution in [2.75, 3.05) is 0 Å². The molecule has 0 bridgehead atoms. The Balaban J connectivity index is 0.914. The van der Waals surface area contributed by atoms with Gasteiger partial charge >= 0.3 is 0 Å². The van der Waals surface area contributed by atoms with Gasteiger partial charge in [0.2, 0.25) is 0 Å². The maximum absolute atomic E-state index is 6.10. The molecule has 0 saturated heterocycles. The third-order valence-electron chi connectivity index (χ3n) is 13.4. The quantitative estimate of drug-likeness (QED) is 0.178. The Morgan fingerprint density at radius 1 is 0.443 bits per heavy atom. The number of nitrogens with zero attached hydrogens (tertiary/aromatic N) is 2. The third-order valence-corrected chi connectivity index (χ3v) is 13.4. The highest BCUT2D eigenvalue weighted by atomic mass is 16.3. The van der Waals surface area contributed by atoms with E-state index in [2.05, 4.69) is 200 Å². The molecule has 1 aliphatic carbocycles. The van der Waals surface area contributed by atoms with Crippen molar-refractivity contribution in [1.29, 1.82) is 0 Å². The van der Waals surface area contributed by atoms with Gasteiger partial charge < -0.3 is 8.98 Å². The topological polar surface area (TPSA) is 31.0 Å². The van der Waals surface area contributed by atoms with Crippen LogP contribution in [0.5, 0.6) is 0 Å². The van der Waals surface area contributed by atoms with E-state index in [1.165, 1.54) is 82.5 Å². The second kappa shape index (κ2) is 12.6. The molecule has 13 rings (SSSR count). The predicted octanol–water partition coefficient (Wildman–Crippen LogP) is 15.7. The molecule has 0 unspecified atom stereocenters. The summed E-state index contributed by atoms with van der Waals surface area (Å²) in [5.74, 6) is 0. The Morgan fingerprint density at radius 3 is 1.93 bits per heavy atom. The minimum absolute atomic E-state index is 0.0980. The fraction of sp³-hybridized carbons (Fsp3) is 0.0517. The molecule has 1 aliphatic rings. The summed E-state index contributed by atoms with van der Waals surface area (Å²) in [6.07, 6.45) is 0. The minimum atomic E-state index is -0.0980. The molecule has 0 radical (unpaired) electrons. The first kappa shape index (κ1) is 34.1. The summed E-state index contributed by atoms with van der Waals surface area (Å²) in [6.45, 7) is 4.66. The van der Waals surface area contributed by atoms with Crippen molar-refractivity contribution in [2.45, 2.75) is 19.3 Å². The average molecular weight is 779 g/mol. The monoisotopic (exact) mass is 778 g/mol. The Kier molecular flexibility index (Phi) is 7.07.